The first kappa shape index (κ1) is 17.8. The number of nitro groups is 1. The lowest BCUT2D eigenvalue weighted by atomic mass is 9.85. The summed E-state index contributed by atoms with van der Waals surface area (Å²) in [6.07, 6.45) is 3.82. The molecule has 2 aliphatic rings. The lowest BCUT2D eigenvalue weighted by Crippen LogP contribution is -2.44. The lowest BCUT2D eigenvalue weighted by Gasteiger charge is -2.34. The van der Waals surface area contributed by atoms with E-state index >= 15 is 0 Å². The van der Waals surface area contributed by atoms with Crippen LogP contribution in [0.4, 0.5) is 5.69 Å². The number of para-hydroxylation sites is 1. The van der Waals surface area contributed by atoms with Crippen molar-refractivity contribution in [3.05, 3.63) is 104 Å². The second kappa shape index (κ2) is 6.97. The monoisotopic (exact) mass is 402 g/mol. The predicted molar refractivity (Wildman–Crippen MR) is 114 cm³/mol. The molecule has 6 heteroatoms. The third kappa shape index (κ3) is 2.79. The molecule has 0 saturated carbocycles. The molecule has 3 heterocycles. The molecule has 4 unspecified atom stereocenters. The molecule has 5 nitrogen and oxygen atoms in total. The van der Waals surface area contributed by atoms with Gasteiger partial charge in [0.1, 0.15) is 12.1 Å². The van der Waals surface area contributed by atoms with Crippen molar-refractivity contribution in [2.45, 2.75) is 24.0 Å². The molecule has 0 aliphatic carbocycles. The summed E-state index contributed by atoms with van der Waals surface area (Å²) in [5.74, 6) is -0.602. The number of nitrogens with zero attached hydrogens (tertiary/aromatic N) is 2. The summed E-state index contributed by atoms with van der Waals surface area (Å²) >= 11 is 1.38. The van der Waals surface area contributed by atoms with E-state index in [1.54, 1.807) is 6.07 Å². The highest BCUT2D eigenvalue weighted by Gasteiger charge is 2.58. The Morgan fingerprint density at radius 2 is 1.76 bits per heavy atom. The standard InChI is InChI=1S/C23H18N2O3S/c26-23(19-11-6-14-29-19)22-20(16-8-2-1-3-9-16)21(25(27)28)18-13-12-15-7-4-5-10-17(15)24(18)22/h1-14,18,20-22H. The molecule has 0 amide bonds. The number of ketones is 1. The summed E-state index contributed by atoms with van der Waals surface area (Å²) in [6, 6.07) is 18.8. The van der Waals surface area contributed by atoms with Gasteiger partial charge in [-0.15, -0.1) is 11.3 Å². The molecule has 0 bridgehead atoms. The van der Waals surface area contributed by atoms with E-state index < -0.39 is 24.0 Å². The molecule has 0 radical (unpaired) electrons. The fourth-order valence-electron chi connectivity index (χ4n) is 4.67. The van der Waals surface area contributed by atoms with Crippen molar-refractivity contribution >= 4 is 28.9 Å². The van der Waals surface area contributed by atoms with Gasteiger partial charge in [0.15, 0.2) is 5.78 Å². The van der Waals surface area contributed by atoms with E-state index in [-0.39, 0.29) is 10.7 Å². The van der Waals surface area contributed by atoms with Gasteiger partial charge in [-0.2, -0.15) is 0 Å². The van der Waals surface area contributed by atoms with Crippen LogP contribution in [-0.4, -0.2) is 28.8 Å². The molecular formula is C23H18N2O3S. The Balaban J connectivity index is 1.73. The second-order valence-corrected chi connectivity index (χ2v) is 8.26. The molecule has 0 N–H and O–H groups in total. The summed E-state index contributed by atoms with van der Waals surface area (Å²) in [5.41, 5.74) is 2.67. The van der Waals surface area contributed by atoms with Crippen molar-refractivity contribution < 1.29 is 9.72 Å². The number of carbonyl (C=O) groups excluding carboxylic acids is 1. The van der Waals surface area contributed by atoms with Crippen LogP contribution in [0.1, 0.15) is 26.7 Å². The van der Waals surface area contributed by atoms with Gasteiger partial charge in [0.2, 0.25) is 6.04 Å². The minimum atomic E-state index is -0.907. The fourth-order valence-corrected chi connectivity index (χ4v) is 5.37. The van der Waals surface area contributed by atoms with Crippen LogP contribution in [0.25, 0.3) is 6.08 Å². The molecule has 2 aromatic carbocycles. The van der Waals surface area contributed by atoms with Crippen LogP contribution in [0.5, 0.6) is 0 Å². The maximum absolute atomic E-state index is 13.6. The van der Waals surface area contributed by atoms with Crippen LogP contribution in [0.3, 0.4) is 0 Å². The van der Waals surface area contributed by atoms with Crippen molar-refractivity contribution in [1.29, 1.82) is 0 Å². The minimum absolute atomic E-state index is 0.0618. The van der Waals surface area contributed by atoms with Gasteiger partial charge in [-0.05, 0) is 28.6 Å². The minimum Gasteiger partial charge on any atom is -0.346 e. The molecule has 144 valence electrons. The zero-order valence-electron chi connectivity index (χ0n) is 15.4. The Bertz CT molecular complexity index is 1090. The molecule has 1 aromatic heterocycles. The smallest absolute Gasteiger partial charge is 0.245 e. The summed E-state index contributed by atoms with van der Waals surface area (Å²) in [7, 11) is 0. The molecule has 3 aromatic rings. The normalized spacial score (nSPS) is 24.8. The molecule has 4 atom stereocenters. The van der Waals surface area contributed by atoms with E-state index in [2.05, 4.69) is 0 Å². The number of rotatable bonds is 4. The molecule has 2 aliphatic heterocycles. The maximum atomic E-state index is 13.6. The van der Waals surface area contributed by atoms with Crippen molar-refractivity contribution in [3.8, 4) is 0 Å². The Morgan fingerprint density at radius 1 is 1.00 bits per heavy atom. The second-order valence-electron chi connectivity index (χ2n) is 7.31. The van der Waals surface area contributed by atoms with Crippen molar-refractivity contribution in [1.82, 2.24) is 0 Å². The van der Waals surface area contributed by atoms with E-state index in [1.807, 2.05) is 83.1 Å². The van der Waals surface area contributed by atoms with Crippen molar-refractivity contribution in [3.63, 3.8) is 0 Å². The van der Waals surface area contributed by atoms with Crippen LogP contribution in [0.2, 0.25) is 0 Å². The van der Waals surface area contributed by atoms with Gasteiger partial charge < -0.3 is 4.90 Å². The SMILES string of the molecule is O=C(c1cccs1)C1C(c2ccccc2)C([N+](=O)[O-])C2C=Cc3ccccc3N21. The van der Waals surface area contributed by atoms with Gasteiger partial charge in [-0.1, -0.05) is 66.7 Å². The highest BCUT2D eigenvalue weighted by Crippen LogP contribution is 2.47. The van der Waals surface area contributed by atoms with Gasteiger partial charge >= 0.3 is 0 Å². The number of thiophene rings is 1. The summed E-state index contributed by atoms with van der Waals surface area (Å²) in [6.45, 7) is 0. The van der Waals surface area contributed by atoms with Gasteiger partial charge in [-0.3, -0.25) is 14.9 Å². The molecule has 1 fully saturated rings. The number of fused-ring (bicyclic) bond motifs is 3. The van der Waals surface area contributed by atoms with Gasteiger partial charge in [0, 0.05) is 10.6 Å². The lowest BCUT2D eigenvalue weighted by molar-refractivity contribution is -0.524. The topological polar surface area (TPSA) is 63.4 Å². The first-order chi connectivity index (χ1) is 14.2. The van der Waals surface area contributed by atoms with Gasteiger partial charge in [0.25, 0.3) is 0 Å². The Morgan fingerprint density at radius 3 is 2.48 bits per heavy atom. The van der Waals surface area contributed by atoms with Crippen LogP contribution >= 0.6 is 11.3 Å². The number of Topliss-reactive ketones (excluding diaryl/α,β-unsaturated/α-hetero) is 1. The average molecular weight is 402 g/mol. The number of hydrogen-bond donors (Lipinski definition) is 0. The number of benzene rings is 2. The third-order valence-corrected chi connectivity index (χ3v) is 6.71. The van der Waals surface area contributed by atoms with Crippen molar-refractivity contribution in [2.24, 2.45) is 0 Å². The third-order valence-electron chi connectivity index (χ3n) is 5.83. The molecule has 1 saturated heterocycles. The molecule has 0 spiro atoms. The van der Waals surface area contributed by atoms with E-state index in [9.17, 15) is 14.9 Å². The Kier molecular flexibility index (Phi) is 4.28. The number of anilines is 1. The van der Waals surface area contributed by atoms with Crippen LogP contribution in [0.15, 0.2) is 78.2 Å². The summed E-state index contributed by atoms with van der Waals surface area (Å²) in [4.78, 5) is 28.3. The zero-order valence-corrected chi connectivity index (χ0v) is 16.2. The number of carbonyl (C=O) groups is 1. The molecule has 5 rings (SSSR count). The van der Waals surface area contributed by atoms with E-state index in [0.29, 0.717) is 4.88 Å². The van der Waals surface area contributed by atoms with E-state index in [1.165, 1.54) is 11.3 Å². The Hall–Kier alpha value is -3.25. The predicted octanol–water partition coefficient (Wildman–Crippen LogP) is 4.64. The van der Waals surface area contributed by atoms with Crippen molar-refractivity contribution in [2.75, 3.05) is 4.90 Å². The first-order valence-corrected chi connectivity index (χ1v) is 10.4. The van der Waals surface area contributed by atoms with Gasteiger partial charge in [-0.25, -0.2) is 0 Å². The molecule has 29 heavy (non-hydrogen) atoms. The zero-order chi connectivity index (χ0) is 20.0. The van der Waals surface area contributed by atoms with E-state index in [4.69, 9.17) is 0 Å². The van der Waals surface area contributed by atoms with E-state index in [0.717, 1.165) is 16.8 Å². The van der Waals surface area contributed by atoms with Crippen LogP contribution < -0.4 is 4.90 Å². The highest BCUT2D eigenvalue weighted by atomic mass is 32.1. The summed E-state index contributed by atoms with van der Waals surface area (Å²) in [5, 5.41) is 14.1. The van der Waals surface area contributed by atoms with Crippen LogP contribution in [0, 0.1) is 10.1 Å². The number of hydrogen-bond acceptors (Lipinski definition) is 5. The summed E-state index contributed by atoms with van der Waals surface area (Å²) < 4.78 is 0. The van der Waals surface area contributed by atoms with Gasteiger partial charge in [0.05, 0.1) is 10.8 Å². The average Bonchev–Trinajstić information content (AvgIpc) is 3.40. The highest BCUT2D eigenvalue weighted by molar-refractivity contribution is 7.12. The quantitative estimate of drug-likeness (QED) is 0.362. The fraction of sp³-hybridized carbons (Fsp3) is 0.174. The largest absolute Gasteiger partial charge is 0.346 e. The van der Waals surface area contributed by atoms with Crippen LogP contribution in [-0.2, 0) is 0 Å². The maximum Gasteiger partial charge on any atom is 0.245 e. The molecular weight excluding hydrogens is 384 g/mol. The first-order valence-electron chi connectivity index (χ1n) is 9.48. The Labute approximate surface area is 172 Å².